The first-order valence-corrected chi connectivity index (χ1v) is 7.63. The first-order valence-electron chi connectivity index (χ1n) is 7.63. The van der Waals surface area contributed by atoms with Crippen LogP contribution in [-0.2, 0) is 14.3 Å². The monoisotopic (exact) mass is 280 g/mol. The van der Waals surface area contributed by atoms with E-state index in [9.17, 15) is 4.79 Å². The summed E-state index contributed by atoms with van der Waals surface area (Å²) in [5, 5.41) is 0. The van der Waals surface area contributed by atoms with Crippen LogP contribution in [0.3, 0.4) is 0 Å². The van der Waals surface area contributed by atoms with Crippen molar-refractivity contribution in [2.45, 2.75) is 58.7 Å². The fourth-order valence-electron chi connectivity index (χ4n) is 1.94. The number of aldehydes is 1. The van der Waals surface area contributed by atoms with Crippen LogP contribution in [0.1, 0.15) is 52.4 Å². The van der Waals surface area contributed by atoms with Crippen LogP contribution in [-0.4, -0.2) is 25.8 Å². The molecule has 114 valence electrons. The maximum Gasteiger partial charge on any atom is 0.157 e. The molecule has 1 aliphatic heterocycles. The molecule has 1 heterocycles. The first kappa shape index (κ1) is 17.1. The Labute approximate surface area is 123 Å². The SMILES string of the molecule is CC(C)(C=O)C/C=C/CC/C=C/COC1CCCCO1. The lowest BCUT2D eigenvalue weighted by Crippen LogP contribution is -2.22. The minimum atomic E-state index is -0.236. The minimum absolute atomic E-state index is 0.00105. The van der Waals surface area contributed by atoms with Crippen LogP contribution in [0.4, 0.5) is 0 Å². The molecule has 0 aromatic carbocycles. The second kappa shape index (κ2) is 9.89. The van der Waals surface area contributed by atoms with Crippen molar-refractivity contribution in [3.8, 4) is 0 Å². The summed E-state index contributed by atoms with van der Waals surface area (Å²) in [4.78, 5) is 10.7. The Kier molecular flexibility index (Phi) is 8.47. The fraction of sp³-hybridized carbons (Fsp3) is 0.706. The van der Waals surface area contributed by atoms with E-state index in [1.807, 2.05) is 13.8 Å². The number of carbonyl (C=O) groups excluding carboxylic acids is 1. The van der Waals surface area contributed by atoms with Crippen molar-refractivity contribution < 1.29 is 14.3 Å². The van der Waals surface area contributed by atoms with Crippen LogP contribution < -0.4 is 0 Å². The molecule has 0 bridgehead atoms. The van der Waals surface area contributed by atoms with Crippen molar-refractivity contribution in [2.75, 3.05) is 13.2 Å². The number of unbranched alkanes of at least 4 members (excludes halogenated alkanes) is 1. The van der Waals surface area contributed by atoms with E-state index in [4.69, 9.17) is 9.47 Å². The lowest BCUT2D eigenvalue weighted by molar-refractivity contribution is -0.155. The highest BCUT2D eigenvalue weighted by Crippen LogP contribution is 2.17. The van der Waals surface area contributed by atoms with Crippen LogP contribution in [0.25, 0.3) is 0 Å². The summed E-state index contributed by atoms with van der Waals surface area (Å²) >= 11 is 0. The van der Waals surface area contributed by atoms with Gasteiger partial charge in [-0.1, -0.05) is 38.2 Å². The molecule has 0 saturated carbocycles. The van der Waals surface area contributed by atoms with Crippen molar-refractivity contribution in [3.05, 3.63) is 24.3 Å². The van der Waals surface area contributed by atoms with E-state index in [1.54, 1.807) is 0 Å². The molecule has 1 fully saturated rings. The van der Waals surface area contributed by atoms with Crippen LogP contribution in [0.15, 0.2) is 24.3 Å². The molecule has 1 aliphatic rings. The smallest absolute Gasteiger partial charge is 0.157 e. The molecule has 1 atom stereocenters. The predicted molar refractivity (Wildman–Crippen MR) is 81.5 cm³/mol. The number of hydrogen-bond acceptors (Lipinski definition) is 3. The van der Waals surface area contributed by atoms with Crippen molar-refractivity contribution >= 4 is 6.29 Å². The summed E-state index contributed by atoms with van der Waals surface area (Å²) in [7, 11) is 0. The van der Waals surface area contributed by atoms with E-state index < -0.39 is 0 Å². The highest BCUT2D eigenvalue weighted by molar-refractivity contribution is 5.58. The van der Waals surface area contributed by atoms with E-state index in [0.717, 1.165) is 45.0 Å². The van der Waals surface area contributed by atoms with Crippen LogP contribution >= 0.6 is 0 Å². The largest absolute Gasteiger partial charge is 0.353 e. The van der Waals surface area contributed by atoms with E-state index in [1.165, 1.54) is 6.42 Å². The summed E-state index contributed by atoms with van der Waals surface area (Å²) < 4.78 is 11.1. The summed E-state index contributed by atoms with van der Waals surface area (Å²) in [6.07, 6.45) is 15.6. The molecule has 1 saturated heterocycles. The number of carbonyl (C=O) groups is 1. The number of allylic oxidation sites excluding steroid dienone is 3. The fourth-order valence-corrected chi connectivity index (χ4v) is 1.94. The minimum Gasteiger partial charge on any atom is -0.353 e. The first-order chi connectivity index (χ1) is 9.64. The summed E-state index contributed by atoms with van der Waals surface area (Å²) in [6, 6.07) is 0. The molecule has 0 aliphatic carbocycles. The summed E-state index contributed by atoms with van der Waals surface area (Å²) in [6.45, 7) is 5.37. The van der Waals surface area contributed by atoms with Gasteiger partial charge in [0.05, 0.1) is 6.61 Å². The van der Waals surface area contributed by atoms with Gasteiger partial charge in [0.15, 0.2) is 6.29 Å². The van der Waals surface area contributed by atoms with Gasteiger partial charge < -0.3 is 14.3 Å². The maximum atomic E-state index is 10.7. The van der Waals surface area contributed by atoms with E-state index in [2.05, 4.69) is 24.3 Å². The van der Waals surface area contributed by atoms with Crippen molar-refractivity contribution in [1.82, 2.24) is 0 Å². The number of rotatable bonds is 9. The average Bonchev–Trinajstić information content (AvgIpc) is 2.46. The van der Waals surface area contributed by atoms with Gasteiger partial charge in [-0.2, -0.15) is 0 Å². The molecule has 0 amide bonds. The predicted octanol–water partition coefficient (Wildman–Crippen LogP) is 4.04. The van der Waals surface area contributed by atoms with Gasteiger partial charge in [-0.05, 0) is 38.5 Å². The molecular formula is C17H28O3. The van der Waals surface area contributed by atoms with E-state index in [-0.39, 0.29) is 11.7 Å². The molecular weight excluding hydrogens is 252 g/mol. The van der Waals surface area contributed by atoms with Crippen LogP contribution in [0.5, 0.6) is 0 Å². The Balaban J connectivity index is 1.99. The molecule has 20 heavy (non-hydrogen) atoms. The molecule has 1 rings (SSSR count). The highest BCUT2D eigenvalue weighted by atomic mass is 16.7. The van der Waals surface area contributed by atoms with Crippen LogP contribution in [0.2, 0.25) is 0 Å². The normalized spacial score (nSPS) is 20.8. The third kappa shape index (κ3) is 8.28. The van der Waals surface area contributed by atoms with Gasteiger partial charge in [-0.15, -0.1) is 0 Å². The Bertz CT molecular complexity index is 312. The maximum absolute atomic E-state index is 10.7. The molecule has 0 aromatic heterocycles. The Hall–Kier alpha value is -0.930. The van der Waals surface area contributed by atoms with Gasteiger partial charge >= 0.3 is 0 Å². The Morgan fingerprint density at radius 3 is 2.55 bits per heavy atom. The van der Waals surface area contributed by atoms with Gasteiger partial charge in [0.25, 0.3) is 0 Å². The lowest BCUT2D eigenvalue weighted by atomic mass is 9.91. The summed E-state index contributed by atoms with van der Waals surface area (Å²) in [5.74, 6) is 0. The highest BCUT2D eigenvalue weighted by Gasteiger charge is 2.13. The van der Waals surface area contributed by atoms with Crippen molar-refractivity contribution in [1.29, 1.82) is 0 Å². The van der Waals surface area contributed by atoms with Gasteiger partial charge in [0, 0.05) is 12.0 Å². The standard InChI is InChI=1S/C17H28O3/c1-17(2,15-18)12-8-5-3-4-6-9-13-19-16-11-7-10-14-20-16/h5-6,8-9,15-16H,3-4,7,10-14H2,1-2H3/b8-5+,9-6+. The van der Waals surface area contributed by atoms with Gasteiger partial charge in [-0.3, -0.25) is 0 Å². The Morgan fingerprint density at radius 1 is 1.15 bits per heavy atom. The quantitative estimate of drug-likeness (QED) is 0.363. The second-order valence-electron chi connectivity index (χ2n) is 5.96. The molecule has 0 spiro atoms. The second-order valence-corrected chi connectivity index (χ2v) is 5.96. The van der Waals surface area contributed by atoms with E-state index in [0.29, 0.717) is 6.61 Å². The van der Waals surface area contributed by atoms with Crippen LogP contribution in [0, 0.1) is 5.41 Å². The third-order valence-corrected chi connectivity index (χ3v) is 3.31. The van der Waals surface area contributed by atoms with E-state index >= 15 is 0 Å². The number of ether oxygens (including phenoxy) is 2. The molecule has 0 radical (unpaired) electrons. The zero-order chi connectivity index (χ0) is 14.7. The number of hydrogen-bond donors (Lipinski definition) is 0. The van der Waals surface area contributed by atoms with Crippen molar-refractivity contribution in [3.63, 3.8) is 0 Å². The molecule has 1 unspecified atom stereocenters. The molecule has 3 nitrogen and oxygen atoms in total. The van der Waals surface area contributed by atoms with Gasteiger partial charge in [0.1, 0.15) is 6.29 Å². The molecule has 0 aromatic rings. The van der Waals surface area contributed by atoms with Gasteiger partial charge in [-0.25, -0.2) is 0 Å². The van der Waals surface area contributed by atoms with Gasteiger partial charge in [0.2, 0.25) is 0 Å². The zero-order valence-corrected chi connectivity index (χ0v) is 12.8. The Morgan fingerprint density at radius 2 is 1.90 bits per heavy atom. The topological polar surface area (TPSA) is 35.5 Å². The third-order valence-electron chi connectivity index (χ3n) is 3.31. The molecule has 3 heteroatoms. The summed E-state index contributed by atoms with van der Waals surface area (Å²) in [5.41, 5.74) is -0.236. The zero-order valence-electron chi connectivity index (χ0n) is 12.8. The lowest BCUT2D eigenvalue weighted by Gasteiger charge is -2.21. The average molecular weight is 280 g/mol. The van der Waals surface area contributed by atoms with Crippen molar-refractivity contribution in [2.24, 2.45) is 5.41 Å². The molecule has 0 N–H and O–H groups in total.